The van der Waals surface area contributed by atoms with Crippen LogP contribution in [0.15, 0.2) is 0 Å². The fourth-order valence-corrected chi connectivity index (χ4v) is 6.47. The van der Waals surface area contributed by atoms with E-state index in [2.05, 4.69) is 11.8 Å². The highest BCUT2D eigenvalue weighted by Crippen LogP contribution is 2.60. The van der Waals surface area contributed by atoms with Crippen LogP contribution in [0.4, 0.5) is 0 Å². The summed E-state index contributed by atoms with van der Waals surface area (Å²) in [5.74, 6) is 3.25. The van der Waals surface area contributed by atoms with Gasteiger partial charge in [0.1, 0.15) is 0 Å². The Morgan fingerprint density at radius 1 is 1.05 bits per heavy atom. The molecule has 1 heterocycles. The summed E-state index contributed by atoms with van der Waals surface area (Å²) in [6, 6.07) is 0. The predicted octanol–water partition coefficient (Wildman–Crippen LogP) is 3.02. The third kappa shape index (κ3) is 2.35. The van der Waals surface area contributed by atoms with E-state index < -0.39 is 0 Å². The van der Waals surface area contributed by atoms with E-state index in [1.165, 1.54) is 45.2 Å². The Kier molecular flexibility index (Phi) is 2.80. The molecular formula is C17H30N2. The van der Waals surface area contributed by atoms with Gasteiger partial charge < -0.3 is 10.6 Å². The van der Waals surface area contributed by atoms with Crippen molar-refractivity contribution in [3.8, 4) is 0 Å². The van der Waals surface area contributed by atoms with Gasteiger partial charge in [0, 0.05) is 18.6 Å². The maximum atomic E-state index is 6.39. The molecule has 19 heavy (non-hydrogen) atoms. The molecule has 5 fully saturated rings. The quantitative estimate of drug-likeness (QED) is 0.829. The Bertz CT molecular complexity index is 325. The molecule has 4 saturated carbocycles. The summed E-state index contributed by atoms with van der Waals surface area (Å²) < 4.78 is 0. The van der Waals surface area contributed by atoms with Crippen LogP contribution in [0.2, 0.25) is 0 Å². The minimum Gasteiger partial charge on any atom is -0.324 e. The molecule has 0 spiro atoms. The maximum Gasteiger partial charge on any atom is 0.0255 e. The number of nitrogens with two attached hydrogens (primary N) is 1. The lowest BCUT2D eigenvalue weighted by atomic mass is 9.49. The summed E-state index contributed by atoms with van der Waals surface area (Å²) in [5, 5.41) is 0. The number of likely N-dealkylation sites (tertiary alicyclic amines) is 1. The van der Waals surface area contributed by atoms with Crippen molar-refractivity contribution >= 4 is 0 Å². The second kappa shape index (κ2) is 4.21. The molecule has 1 aliphatic heterocycles. The van der Waals surface area contributed by atoms with Gasteiger partial charge in [-0.2, -0.15) is 0 Å². The van der Waals surface area contributed by atoms with Crippen molar-refractivity contribution in [3.63, 3.8) is 0 Å². The van der Waals surface area contributed by atoms with Crippen LogP contribution in [-0.4, -0.2) is 30.1 Å². The summed E-state index contributed by atoms with van der Waals surface area (Å²) in [6.45, 7) is 6.05. The molecule has 4 aliphatic carbocycles. The molecule has 0 aromatic rings. The van der Waals surface area contributed by atoms with Gasteiger partial charge in [0.05, 0.1) is 0 Å². The molecule has 0 radical (unpaired) electrons. The lowest BCUT2D eigenvalue weighted by molar-refractivity contribution is -0.0738. The molecule has 2 heteroatoms. The van der Waals surface area contributed by atoms with E-state index in [0.717, 1.165) is 24.3 Å². The maximum absolute atomic E-state index is 6.39. The smallest absolute Gasteiger partial charge is 0.0255 e. The van der Waals surface area contributed by atoms with Crippen LogP contribution in [0.1, 0.15) is 58.3 Å². The molecule has 0 amide bonds. The largest absolute Gasteiger partial charge is 0.324 e. The van der Waals surface area contributed by atoms with Crippen molar-refractivity contribution in [2.75, 3.05) is 19.6 Å². The molecule has 2 N–H and O–H groups in total. The second-order valence-corrected chi connectivity index (χ2v) is 8.89. The van der Waals surface area contributed by atoms with Crippen LogP contribution in [0.25, 0.3) is 0 Å². The van der Waals surface area contributed by atoms with E-state index in [0.29, 0.717) is 5.41 Å². The third-order valence-corrected chi connectivity index (χ3v) is 6.53. The van der Waals surface area contributed by atoms with Gasteiger partial charge in [-0.05, 0) is 88.0 Å². The van der Waals surface area contributed by atoms with Gasteiger partial charge in [-0.1, -0.05) is 0 Å². The topological polar surface area (TPSA) is 29.3 Å². The van der Waals surface area contributed by atoms with Crippen LogP contribution in [-0.2, 0) is 0 Å². The molecule has 2 nitrogen and oxygen atoms in total. The fraction of sp³-hybridized carbons (Fsp3) is 1.00. The lowest BCUT2D eigenvalue weighted by Crippen LogP contribution is -2.57. The molecule has 0 aromatic carbocycles. The molecule has 4 bridgehead atoms. The van der Waals surface area contributed by atoms with Gasteiger partial charge >= 0.3 is 0 Å². The first-order valence-corrected chi connectivity index (χ1v) is 8.53. The first-order valence-electron chi connectivity index (χ1n) is 8.53. The van der Waals surface area contributed by atoms with Crippen molar-refractivity contribution in [1.29, 1.82) is 0 Å². The molecule has 5 aliphatic rings. The Hall–Kier alpha value is -0.0800. The molecule has 108 valence electrons. The molecule has 1 atom stereocenters. The standard InChI is InChI=1S/C17H30N2/c1-16(18)3-2-4-19(11-16)12-17-8-13-5-14(9-17)7-15(6-13)10-17/h13-15H,2-12,18H2,1H3. The van der Waals surface area contributed by atoms with Crippen molar-refractivity contribution in [1.82, 2.24) is 4.90 Å². The Morgan fingerprint density at radius 3 is 2.16 bits per heavy atom. The van der Waals surface area contributed by atoms with Crippen LogP contribution < -0.4 is 5.73 Å². The van der Waals surface area contributed by atoms with E-state index in [1.807, 2.05) is 0 Å². The van der Waals surface area contributed by atoms with E-state index in [1.54, 1.807) is 19.3 Å². The Labute approximate surface area is 118 Å². The first-order chi connectivity index (χ1) is 9.02. The van der Waals surface area contributed by atoms with E-state index in [9.17, 15) is 0 Å². The van der Waals surface area contributed by atoms with E-state index in [4.69, 9.17) is 5.73 Å². The average Bonchev–Trinajstić information content (AvgIpc) is 2.24. The zero-order valence-electron chi connectivity index (χ0n) is 12.5. The Balaban J connectivity index is 1.47. The summed E-state index contributed by atoms with van der Waals surface area (Å²) in [5.41, 5.74) is 7.16. The van der Waals surface area contributed by atoms with Gasteiger partial charge in [0.15, 0.2) is 0 Å². The van der Waals surface area contributed by atoms with Crippen LogP contribution in [0.3, 0.4) is 0 Å². The van der Waals surface area contributed by atoms with Crippen molar-refractivity contribution < 1.29 is 0 Å². The minimum absolute atomic E-state index is 0.0700. The number of rotatable bonds is 2. The predicted molar refractivity (Wildman–Crippen MR) is 78.9 cm³/mol. The zero-order valence-corrected chi connectivity index (χ0v) is 12.5. The molecule has 5 rings (SSSR count). The minimum atomic E-state index is 0.0700. The summed E-state index contributed by atoms with van der Waals surface area (Å²) in [7, 11) is 0. The van der Waals surface area contributed by atoms with Gasteiger partial charge in [-0.3, -0.25) is 0 Å². The van der Waals surface area contributed by atoms with E-state index in [-0.39, 0.29) is 5.54 Å². The van der Waals surface area contributed by atoms with Crippen LogP contribution in [0.5, 0.6) is 0 Å². The Morgan fingerprint density at radius 2 is 1.63 bits per heavy atom. The second-order valence-electron chi connectivity index (χ2n) is 8.89. The molecule has 0 aromatic heterocycles. The normalized spacial score (nSPS) is 53.7. The highest BCUT2D eigenvalue weighted by molar-refractivity contribution is 5.03. The molecule has 1 saturated heterocycles. The fourth-order valence-electron chi connectivity index (χ4n) is 6.47. The highest BCUT2D eigenvalue weighted by Gasteiger charge is 2.51. The molecule has 1 unspecified atom stereocenters. The monoisotopic (exact) mass is 262 g/mol. The number of nitrogens with zero attached hydrogens (tertiary/aromatic N) is 1. The number of hydrogen-bond donors (Lipinski definition) is 1. The van der Waals surface area contributed by atoms with Gasteiger partial charge in [-0.25, -0.2) is 0 Å². The highest BCUT2D eigenvalue weighted by atomic mass is 15.2. The van der Waals surface area contributed by atoms with Crippen LogP contribution >= 0.6 is 0 Å². The van der Waals surface area contributed by atoms with Crippen molar-refractivity contribution in [3.05, 3.63) is 0 Å². The summed E-state index contributed by atoms with van der Waals surface area (Å²) in [6.07, 6.45) is 11.8. The van der Waals surface area contributed by atoms with Gasteiger partial charge in [-0.15, -0.1) is 0 Å². The third-order valence-electron chi connectivity index (χ3n) is 6.53. The lowest BCUT2D eigenvalue weighted by Gasteiger charge is -2.58. The first kappa shape index (κ1) is 12.6. The van der Waals surface area contributed by atoms with Gasteiger partial charge in [0.2, 0.25) is 0 Å². The summed E-state index contributed by atoms with van der Waals surface area (Å²) >= 11 is 0. The van der Waals surface area contributed by atoms with Gasteiger partial charge in [0.25, 0.3) is 0 Å². The average molecular weight is 262 g/mol. The zero-order chi connectivity index (χ0) is 13.1. The number of piperidine rings is 1. The van der Waals surface area contributed by atoms with Crippen molar-refractivity contribution in [2.45, 2.75) is 63.8 Å². The van der Waals surface area contributed by atoms with Crippen LogP contribution in [0, 0.1) is 23.2 Å². The van der Waals surface area contributed by atoms with E-state index >= 15 is 0 Å². The number of hydrogen-bond acceptors (Lipinski definition) is 2. The summed E-state index contributed by atoms with van der Waals surface area (Å²) in [4.78, 5) is 2.72. The van der Waals surface area contributed by atoms with Crippen molar-refractivity contribution in [2.24, 2.45) is 28.9 Å². The SMILES string of the molecule is CC1(N)CCCN(CC23CC4CC(CC(C4)C2)C3)C1. The molecular weight excluding hydrogens is 232 g/mol.